The van der Waals surface area contributed by atoms with Gasteiger partial charge in [0.1, 0.15) is 5.84 Å². The summed E-state index contributed by atoms with van der Waals surface area (Å²) in [5, 5.41) is 3.18. The molecule has 3 N–H and O–H groups in total. The average Bonchev–Trinajstić information content (AvgIpc) is 2.63. The maximum Gasteiger partial charge on any atom is 0.160 e. The number of nitrogens with zero attached hydrogens (tertiary/aromatic N) is 1. The quantitative estimate of drug-likeness (QED) is 0.284. The Morgan fingerprint density at radius 3 is 2.65 bits per heavy atom. The first-order valence-electron chi connectivity index (χ1n) is 8.08. The van der Waals surface area contributed by atoms with Gasteiger partial charge in [0.15, 0.2) is 11.6 Å². The smallest absolute Gasteiger partial charge is 0.160 e. The fourth-order valence-corrected chi connectivity index (χ4v) is 2.39. The van der Waals surface area contributed by atoms with Gasteiger partial charge in [-0.05, 0) is 29.8 Å². The summed E-state index contributed by atoms with van der Waals surface area (Å²) < 4.78 is 31.8. The molecule has 0 spiro atoms. The van der Waals surface area contributed by atoms with Crippen LogP contribution in [-0.2, 0) is 11.3 Å². The molecule has 0 aliphatic carbocycles. The zero-order valence-electron chi connectivity index (χ0n) is 14.8. The molecule has 0 saturated carbocycles. The Balaban J connectivity index is 2.01. The van der Waals surface area contributed by atoms with Crippen molar-refractivity contribution in [3.05, 3.63) is 64.7 Å². The molecule has 0 heterocycles. The lowest BCUT2D eigenvalue weighted by atomic mass is 10.1. The lowest BCUT2D eigenvalue weighted by Crippen LogP contribution is -2.26. The van der Waals surface area contributed by atoms with Gasteiger partial charge in [0, 0.05) is 43.9 Å². The van der Waals surface area contributed by atoms with Crippen molar-refractivity contribution in [3.8, 4) is 11.8 Å². The number of halogens is 2. The Hall–Kier alpha value is -2.91. The fraction of sp³-hybridized carbons (Fsp3) is 0.250. The second kappa shape index (κ2) is 9.54. The van der Waals surface area contributed by atoms with E-state index in [2.05, 4.69) is 22.2 Å². The largest absolute Gasteiger partial charge is 0.398 e. The van der Waals surface area contributed by atoms with E-state index in [9.17, 15) is 8.78 Å². The van der Waals surface area contributed by atoms with Crippen LogP contribution in [0, 0.1) is 23.5 Å². The van der Waals surface area contributed by atoms with Crippen LogP contribution in [0.25, 0.3) is 0 Å². The van der Waals surface area contributed by atoms with Gasteiger partial charge in [-0.15, -0.1) is 0 Å². The third-order valence-electron chi connectivity index (χ3n) is 3.65. The summed E-state index contributed by atoms with van der Waals surface area (Å²) in [4.78, 5) is 4.20. The number of nitrogens with one attached hydrogen (secondary N) is 1. The van der Waals surface area contributed by atoms with E-state index in [0.29, 0.717) is 35.6 Å². The van der Waals surface area contributed by atoms with E-state index in [4.69, 9.17) is 10.5 Å². The van der Waals surface area contributed by atoms with Gasteiger partial charge in [-0.2, -0.15) is 0 Å². The number of anilines is 1. The van der Waals surface area contributed by atoms with Gasteiger partial charge >= 0.3 is 0 Å². The van der Waals surface area contributed by atoms with Crippen molar-refractivity contribution in [1.82, 2.24) is 5.32 Å². The molecule has 2 rings (SSSR count). The molecule has 0 saturated heterocycles. The number of rotatable bonds is 5. The van der Waals surface area contributed by atoms with Crippen molar-refractivity contribution in [2.75, 3.05) is 26.4 Å². The molecule has 0 radical (unpaired) electrons. The number of hydrogen-bond donors (Lipinski definition) is 2. The summed E-state index contributed by atoms with van der Waals surface area (Å²) in [6.07, 6.45) is 0.497. The van der Waals surface area contributed by atoms with Crippen molar-refractivity contribution in [3.63, 3.8) is 0 Å². The zero-order valence-corrected chi connectivity index (χ0v) is 14.8. The highest BCUT2D eigenvalue weighted by atomic mass is 19.2. The first kappa shape index (κ1) is 19.4. The summed E-state index contributed by atoms with van der Waals surface area (Å²) in [5.41, 5.74) is 8.34. The molecule has 2 aromatic rings. The summed E-state index contributed by atoms with van der Waals surface area (Å²) in [6.45, 7) is 0.705. The average molecular weight is 357 g/mol. The molecule has 26 heavy (non-hydrogen) atoms. The topological polar surface area (TPSA) is 59.6 Å². The Bertz CT molecular complexity index is 854. The van der Waals surface area contributed by atoms with E-state index in [1.54, 1.807) is 7.05 Å². The summed E-state index contributed by atoms with van der Waals surface area (Å²) >= 11 is 0. The molecule has 0 bridgehead atoms. The molecule has 2 aromatic carbocycles. The van der Waals surface area contributed by atoms with Crippen LogP contribution in [0.1, 0.15) is 23.1 Å². The normalized spacial score (nSPS) is 11.0. The number of aliphatic imine (C=N–C) groups is 1. The SMILES string of the molecule is CN=C(NCCC#Cc1cc(F)c(F)cc1COC)c1ccccc1N. The molecule has 136 valence electrons. The minimum Gasteiger partial charge on any atom is -0.398 e. The monoisotopic (exact) mass is 357 g/mol. The van der Waals surface area contributed by atoms with Gasteiger partial charge in [0.2, 0.25) is 0 Å². The number of nitrogens with two attached hydrogens (primary N) is 1. The minimum absolute atomic E-state index is 0.166. The number of ether oxygens (including phenoxy) is 1. The van der Waals surface area contributed by atoms with E-state index in [1.165, 1.54) is 7.11 Å². The lowest BCUT2D eigenvalue weighted by Gasteiger charge is -2.10. The molecular formula is C20H21F2N3O. The first-order valence-corrected chi connectivity index (χ1v) is 8.08. The van der Waals surface area contributed by atoms with Crippen LogP contribution < -0.4 is 11.1 Å². The third-order valence-corrected chi connectivity index (χ3v) is 3.65. The van der Waals surface area contributed by atoms with Crippen LogP contribution in [0.4, 0.5) is 14.5 Å². The zero-order chi connectivity index (χ0) is 18.9. The minimum atomic E-state index is -0.924. The van der Waals surface area contributed by atoms with Crippen molar-refractivity contribution >= 4 is 11.5 Å². The van der Waals surface area contributed by atoms with Crippen LogP contribution in [0.3, 0.4) is 0 Å². The van der Waals surface area contributed by atoms with Gasteiger partial charge in [0.05, 0.1) is 6.61 Å². The molecule has 0 unspecified atom stereocenters. The van der Waals surface area contributed by atoms with Crippen molar-refractivity contribution in [2.45, 2.75) is 13.0 Å². The molecule has 4 nitrogen and oxygen atoms in total. The van der Waals surface area contributed by atoms with Crippen LogP contribution >= 0.6 is 0 Å². The first-order chi connectivity index (χ1) is 12.6. The van der Waals surface area contributed by atoms with Crippen molar-refractivity contribution < 1.29 is 13.5 Å². The Labute approximate surface area is 152 Å². The van der Waals surface area contributed by atoms with E-state index < -0.39 is 11.6 Å². The second-order valence-corrected chi connectivity index (χ2v) is 5.49. The van der Waals surface area contributed by atoms with Gasteiger partial charge < -0.3 is 15.8 Å². The van der Waals surface area contributed by atoms with E-state index >= 15 is 0 Å². The third kappa shape index (κ3) is 5.04. The predicted octanol–water partition coefficient (Wildman–Crippen LogP) is 3.10. The summed E-state index contributed by atoms with van der Waals surface area (Å²) in [5.74, 6) is 4.66. The van der Waals surface area contributed by atoms with Gasteiger partial charge in [-0.25, -0.2) is 8.78 Å². The molecular weight excluding hydrogens is 336 g/mol. The Morgan fingerprint density at radius 2 is 1.96 bits per heavy atom. The van der Waals surface area contributed by atoms with E-state index in [1.807, 2.05) is 24.3 Å². The number of nitrogen functional groups attached to an aromatic ring is 1. The van der Waals surface area contributed by atoms with Crippen LogP contribution in [0.5, 0.6) is 0 Å². The van der Waals surface area contributed by atoms with E-state index in [0.717, 1.165) is 17.7 Å². The highest BCUT2D eigenvalue weighted by Crippen LogP contribution is 2.15. The van der Waals surface area contributed by atoms with Gasteiger partial charge in [0.25, 0.3) is 0 Å². The number of methoxy groups -OCH3 is 1. The van der Waals surface area contributed by atoms with Crippen molar-refractivity contribution in [2.24, 2.45) is 4.99 Å². The summed E-state index contributed by atoms with van der Waals surface area (Å²) in [7, 11) is 3.17. The maximum absolute atomic E-state index is 13.4. The van der Waals surface area contributed by atoms with Gasteiger partial charge in [-0.1, -0.05) is 24.0 Å². The molecule has 0 aliphatic heterocycles. The van der Waals surface area contributed by atoms with Crippen molar-refractivity contribution in [1.29, 1.82) is 0 Å². The van der Waals surface area contributed by atoms with Crippen LogP contribution in [0.15, 0.2) is 41.4 Å². The highest BCUT2D eigenvalue weighted by Gasteiger charge is 2.08. The predicted molar refractivity (Wildman–Crippen MR) is 99.9 cm³/mol. The molecule has 6 heteroatoms. The lowest BCUT2D eigenvalue weighted by molar-refractivity contribution is 0.184. The number of amidine groups is 1. The Morgan fingerprint density at radius 1 is 1.23 bits per heavy atom. The van der Waals surface area contributed by atoms with Crippen LogP contribution in [0.2, 0.25) is 0 Å². The molecule has 0 amide bonds. The number of para-hydroxylation sites is 1. The number of hydrogen-bond acceptors (Lipinski definition) is 3. The second-order valence-electron chi connectivity index (χ2n) is 5.49. The molecule has 0 aromatic heterocycles. The number of benzene rings is 2. The van der Waals surface area contributed by atoms with Crippen LogP contribution in [-0.4, -0.2) is 26.5 Å². The molecule has 0 fully saturated rings. The Kier molecular flexibility index (Phi) is 7.12. The molecule has 0 aliphatic rings. The highest BCUT2D eigenvalue weighted by molar-refractivity contribution is 6.02. The van der Waals surface area contributed by atoms with E-state index in [-0.39, 0.29) is 6.61 Å². The fourth-order valence-electron chi connectivity index (χ4n) is 2.39. The maximum atomic E-state index is 13.4. The summed E-state index contributed by atoms with van der Waals surface area (Å²) in [6, 6.07) is 9.64. The molecule has 0 atom stereocenters. The van der Waals surface area contributed by atoms with Gasteiger partial charge in [-0.3, -0.25) is 4.99 Å². The standard InChI is InChI=1S/C20H21F2N3O/c1-24-20(16-8-3-4-9-19(16)23)25-10-6-5-7-14-11-17(21)18(22)12-15(14)13-26-2/h3-4,8-9,11-12H,6,10,13,23H2,1-2H3,(H,24,25).